The van der Waals surface area contributed by atoms with Crippen LogP contribution in [0.1, 0.15) is 21.6 Å². The third-order valence-electron chi connectivity index (χ3n) is 6.29. The lowest BCUT2D eigenvalue weighted by Crippen LogP contribution is -2.29. The van der Waals surface area contributed by atoms with Crippen LogP contribution in [-0.2, 0) is 10.2 Å². The molecule has 2 heterocycles. The summed E-state index contributed by atoms with van der Waals surface area (Å²) in [7, 11) is 0.815. The molecule has 0 unspecified atom stereocenters. The Labute approximate surface area is 216 Å². The number of carbonyl (C=O) groups excluding carboxylic acids is 1. The van der Waals surface area contributed by atoms with Crippen molar-refractivity contribution in [1.82, 2.24) is 13.3 Å². The number of aromatic nitrogens is 2. The van der Waals surface area contributed by atoms with Crippen molar-refractivity contribution in [3.05, 3.63) is 108 Å². The second-order valence-electron chi connectivity index (χ2n) is 8.80. The molecule has 3 aromatic carbocycles. The Balaban J connectivity index is 1.83. The van der Waals surface area contributed by atoms with Gasteiger partial charge in [0.05, 0.1) is 17.2 Å². The molecule has 1 amide bonds. The SMILES string of the molecule is CN(C(=O)c1ncc2c(c1/C=C/c1ccccc1)c1ccccc1n2S(=O)(=O)N(C)C)c1ccccc1. The van der Waals surface area contributed by atoms with E-state index >= 15 is 0 Å². The molecule has 0 saturated heterocycles. The second kappa shape index (κ2) is 9.65. The Hall–Kier alpha value is -4.27. The minimum absolute atomic E-state index is 0.233. The maximum atomic E-state index is 13.8. The van der Waals surface area contributed by atoms with Crippen LogP contribution in [0.15, 0.2) is 91.1 Å². The average molecular weight is 511 g/mol. The van der Waals surface area contributed by atoms with E-state index in [1.807, 2.05) is 84.9 Å². The Morgan fingerprint density at radius 1 is 0.811 bits per heavy atom. The number of nitrogens with zero attached hydrogens (tertiary/aromatic N) is 4. The van der Waals surface area contributed by atoms with E-state index < -0.39 is 10.2 Å². The van der Waals surface area contributed by atoms with Crippen molar-refractivity contribution >= 4 is 55.8 Å². The zero-order valence-corrected chi connectivity index (χ0v) is 21.6. The van der Waals surface area contributed by atoms with Gasteiger partial charge in [-0.15, -0.1) is 0 Å². The number of fused-ring (bicyclic) bond motifs is 3. The monoisotopic (exact) mass is 510 g/mol. The third kappa shape index (κ3) is 4.30. The van der Waals surface area contributed by atoms with E-state index in [2.05, 4.69) is 4.98 Å². The standard InChI is InChI=1S/C29H26N4O3S/c1-31(2)37(35,36)33-25-17-11-10-16-23(25)27-24(19-18-21-12-6-4-7-13-21)28(30-20-26(27)33)29(34)32(3)22-14-8-5-9-15-22/h4-20H,1-3H3/b19-18+. The van der Waals surface area contributed by atoms with E-state index in [1.54, 1.807) is 24.1 Å². The fourth-order valence-corrected chi connectivity index (χ4v) is 5.48. The van der Waals surface area contributed by atoms with E-state index in [-0.39, 0.29) is 11.6 Å². The van der Waals surface area contributed by atoms with Gasteiger partial charge >= 0.3 is 10.2 Å². The number of rotatable bonds is 6. The zero-order chi connectivity index (χ0) is 26.2. The van der Waals surface area contributed by atoms with Crippen molar-refractivity contribution < 1.29 is 13.2 Å². The molecule has 0 saturated carbocycles. The zero-order valence-electron chi connectivity index (χ0n) is 20.7. The first-order valence-electron chi connectivity index (χ1n) is 11.7. The van der Waals surface area contributed by atoms with Crippen LogP contribution in [-0.4, -0.2) is 48.7 Å². The summed E-state index contributed by atoms with van der Waals surface area (Å²) in [5.74, 6) is -0.298. The number of para-hydroxylation sites is 2. The summed E-state index contributed by atoms with van der Waals surface area (Å²) < 4.78 is 29.2. The molecule has 0 bridgehead atoms. The molecule has 0 aliphatic carbocycles. The number of carbonyl (C=O) groups is 1. The lowest BCUT2D eigenvalue weighted by molar-refractivity contribution is 0.0988. The first-order valence-corrected chi connectivity index (χ1v) is 13.1. The third-order valence-corrected chi connectivity index (χ3v) is 8.07. The predicted octanol–water partition coefficient (Wildman–Crippen LogP) is 5.29. The molecule has 2 aromatic heterocycles. The quantitative estimate of drug-likeness (QED) is 0.311. The number of hydrogen-bond donors (Lipinski definition) is 0. The molecule has 8 heteroatoms. The topological polar surface area (TPSA) is 75.5 Å². The summed E-state index contributed by atoms with van der Waals surface area (Å²) in [6.45, 7) is 0. The highest BCUT2D eigenvalue weighted by atomic mass is 32.2. The molecule has 0 aliphatic rings. The van der Waals surface area contributed by atoms with Crippen LogP contribution >= 0.6 is 0 Å². The number of pyridine rings is 1. The van der Waals surface area contributed by atoms with Crippen LogP contribution in [0.25, 0.3) is 34.0 Å². The van der Waals surface area contributed by atoms with Gasteiger partial charge in [-0.25, -0.2) is 8.96 Å². The Bertz CT molecular complexity index is 1740. The van der Waals surface area contributed by atoms with Gasteiger partial charge in [-0.05, 0) is 23.8 Å². The van der Waals surface area contributed by atoms with Crippen molar-refractivity contribution in [3.63, 3.8) is 0 Å². The van der Waals surface area contributed by atoms with Crippen molar-refractivity contribution in [3.8, 4) is 0 Å². The van der Waals surface area contributed by atoms with Crippen LogP contribution in [0, 0.1) is 0 Å². The molecular weight excluding hydrogens is 484 g/mol. The maximum absolute atomic E-state index is 13.8. The molecule has 0 aliphatic heterocycles. The summed E-state index contributed by atoms with van der Waals surface area (Å²) in [4.78, 5) is 19.9. The molecule has 37 heavy (non-hydrogen) atoms. The Morgan fingerprint density at radius 2 is 1.43 bits per heavy atom. The summed E-state index contributed by atoms with van der Waals surface area (Å²) in [5, 5.41) is 1.36. The van der Waals surface area contributed by atoms with E-state index in [4.69, 9.17) is 0 Å². The molecule has 5 rings (SSSR count). The van der Waals surface area contributed by atoms with Crippen molar-refractivity contribution in [2.75, 3.05) is 26.0 Å². The van der Waals surface area contributed by atoms with Gasteiger partial charge in [0.25, 0.3) is 5.91 Å². The Morgan fingerprint density at radius 3 is 2.11 bits per heavy atom. The van der Waals surface area contributed by atoms with Crippen LogP contribution < -0.4 is 4.90 Å². The highest BCUT2D eigenvalue weighted by Gasteiger charge is 2.27. The second-order valence-corrected chi connectivity index (χ2v) is 10.8. The normalized spacial score (nSPS) is 12.1. The molecule has 0 N–H and O–H groups in total. The van der Waals surface area contributed by atoms with Crippen LogP contribution in [0.2, 0.25) is 0 Å². The fourth-order valence-electron chi connectivity index (χ4n) is 4.36. The van der Waals surface area contributed by atoms with Gasteiger partial charge in [0.15, 0.2) is 0 Å². The van der Waals surface area contributed by atoms with E-state index in [0.29, 0.717) is 22.0 Å². The molecule has 5 aromatic rings. The molecule has 0 fully saturated rings. The van der Waals surface area contributed by atoms with Crippen LogP contribution in [0.3, 0.4) is 0 Å². The van der Waals surface area contributed by atoms with Gasteiger partial charge in [0, 0.05) is 43.2 Å². The first-order chi connectivity index (χ1) is 17.8. The lowest BCUT2D eigenvalue weighted by atomic mass is 10.0. The average Bonchev–Trinajstić information content (AvgIpc) is 3.27. The minimum Gasteiger partial charge on any atom is -0.310 e. The lowest BCUT2D eigenvalue weighted by Gasteiger charge is -2.19. The van der Waals surface area contributed by atoms with Gasteiger partial charge in [0.2, 0.25) is 0 Å². The van der Waals surface area contributed by atoms with Crippen molar-refractivity contribution in [2.45, 2.75) is 0 Å². The summed E-state index contributed by atoms with van der Waals surface area (Å²) in [6, 6.07) is 26.3. The number of hydrogen-bond acceptors (Lipinski definition) is 4. The van der Waals surface area contributed by atoms with Gasteiger partial charge in [-0.3, -0.25) is 4.79 Å². The van der Waals surface area contributed by atoms with E-state index in [0.717, 1.165) is 16.6 Å². The summed E-state index contributed by atoms with van der Waals surface area (Å²) >= 11 is 0. The van der Waals surface area contributed by atoms with Crippen LogP contribution in [0.4, 0.5) is 5.69 Å². The van der Waals surface area contributed by atoms with E-state index in [1.165, 1.54) is 28.6 Å². The molecule has 186 valence electrons. The smallest absolute Gasteiger partial charge is 0.308 e. The van der Waals surface area contributed by atoms with Crippen LogP contribution in [0.5, 0.6) is 0 Å². The maximum Gasteiger partial charge on any atom is 0.308 e. The highest BCUT2D eigenvalue weighted by Crippen LogP contribution is 2.35. The predicted molar refractivity (Wildman–Crippen MR) is 150 cm³/mol. The fraction of sp³-hybridized carbons (Fsp3) is 0.103. The van der Waals surface area contributed by atoms with Gasteiger partial charge in [-0.1, -0.05) is 78.9 Å². The summed E-state index contributed by atoms with van der Waals surface area (Å²) in [5.41, 5.74) is 3.38. The van der Waals surface area contributed by atoms with Crippen molar-refractivity contribution in [2.24, 2.45) is 0 Å². The number of amides is 1. The molecular formula is C29H26N4O3S. The van der Waals surface area contributed by atoms with Gasteiger partial charge in [0.1, 0.15) is 5.69 Å². The Kier molecular flexibility index (Phi) is 6.37. The van der Waals surface area contributed by atoms with Gasteiger partial charge < -0.3 is 4.90 Å². The highest BCUT2D eigenvalue weighted by molar-refractivity contribution is 7.87. The minimum atomic E-state index is -3.87. The molecule has 0 spiro atoms. The van der Waals surface area contributed by atoms with Gasteiger partial charge in [-0.2, -0.15) is 12.7 Å². The van der Waals surface area contributed by atoms with Crippen molar-refractivity contribution in [1.29, 1.82) is 0 Å². The molecule has 0 radical (unpaired) electrons. The number of benzene rings is 3. The van der Waals surface area contributed by atoms with E-state index in [9.17, 15) is 13.2 Å². The molecule has 7 nitrogen and oxygen atoms in total. The summed E-state index contributed by atoms with van der Waals surface area (Å²) in [6.07, 6.45) is 5.22. The molecule has 0 atom stereocenters. The largest absolute Gasteiger partial charge is 0.310 e. The first kappa shape index (κ1) is 24.4. The number of anilines is 1.